The van der Waals surface area contributed by atoms with Crippen LogP contribution in [0.1, 0.15) is 47.0 Å². The van der Waals surface area contributed by atoms with Crippen molar-refractivity contribution in [3.05, 3.63) is 23.5 Å². The lowest BCUT2D eigenvalue weighted by molar-refractivity contribution is -0.136. The van der Waals surface area contributed by atoms with Crippen LogP contribution in [0.15, 0.2) is 23.5 Å². The Hall–Kier alpha value is -1.25. The average Bonchev–Trinajstić information content (AvgIpc) is 2.31. The summed E-state index contributed by atoms with van der Waals surface area (Å²) < 4.78 is 4.74. The monoisotopic (exact) mass is 239 g/mol. The summed E-state index contributed by atoms with van der Waals surface area (Å²) in [6.07, 6.45) is 3.42. The number of carbonyl (C=O) groups is 1. The normalized spacial score (nSPS) is 11.6. The molecule has 0 rings (SSSR count). The molecule has 0 aromatic carbocycles. The molecule has 0 aromatic heterocycles. The Morgan fingerprint density at radius 2 is 2.00 bits per heavy atom. The molecule has 0 saturated carbocycles. The number of esters is 1. The van der Waals surface area contributed by atoms with Crippen molar-refractivity contribution in [2.75, 3.05) is 7.11 Å². The van der Waals surface area contributed by atoms with E-state index in [-0.39, 0.29) is 5.97 Å². The molecule has 0 amide bonds. The predicted octanol–water partition coefficient (Wildman–Crippen LogP) is 3.38. The van der Waals surface area contributed by atoms with Gasteiger partial charge in [-0.1, -0.05) is 33.3 Å². The summed E-state index contributed by atoms with van der Waals surface area (Å²) in [7, 11) is 1.39. The van der Waals surface area contributed by atoms with E-state index in [0.717, 1.165) is 17.7 Å². The van der Waals surface area contributed by atoms with Crippen molar-refractivity contribution in [2.45, 2.75) is 47.0 Å². The van der Waals surface area contributed by atoms with Gasteiger partial charge in [0.05, 0.1) is 7.11 Å². The average molecular weight is 239 g/mol. The molecular weight excluding hydrogens is 214 g/mol. The predicted molar refractivity (Wildman–Crippen MR) is 71.4 cm³/mol. The first kappa shape index (κ1) is 15.8. The first-order valence-corrected chi connectivity index (χ1v) is 6.15. The molecule has 0 aliphatic carbocycles. The molecule has 0 aliphatic heterocycles. The van der Waals surface area contributed by atoms with Crippen molar-refractivity contribution in [1.29, 1.82) is 0 Å². The first-order valence-electron chi connectivity index (χ1n) is 6.15. The Bertz CT molecular complexity index is 301. The quantitative estimate of drug-likeness (QED) is 0.546. The number of ether oxygens (including phenoxy) is 1. The van der Waals surface area contributed by atoms with E-state index in [1.807, 2.05) is 13.8 Å². The van der Waals surface area contributed by atoms with Gasteiger partial charge in [0.25, 0.3) is 0 Å². The molecular formula is C14H25NO2. The van der Waals surface area contributed by atoms with Crippen molar-refractivity contribution in [1.82, 2.24) is 5.32 Å². The van der Waals surface area contributed by atoms with Gasteiger partial charge in [-0.05, 0) is 31.8 Å². The van der Waals surface area contributed by atoms with Gasteiger partial charge in [0.2, 0.25) is 0 Å². The lowest BCUT2D eigenvalue weighted by Gasteiger charge is -2.18. The summed E-state index contributed by atoms with van der Waals surface area (Å²) in [6, 6.07) is 0. The number of nitrogens with one attached hydrogen (secondary N) is 1. The lowest BCUT2D eigenvalue weighted by Crippen LogP contribution is -2.25. The molecule has 98 valence electrons. The molecule has 3 nitrogen and oxygen atoms in total. The second-order valence-electron chi connectivity index (χ2n) is 4.56. The van der Waals surface area contributed by atoms with E-state index < -0.39 is 0 Å². The molecule has 0 aromatic rings. The number of allylic oxidation sites excluding steroid dienone is 2. The number of hydrogen-bond acceptors (Lipinski definition) is 3. The Balaban J connectivity index is 4.53. The highest BCUT2D eigenvalue weighted by Gasteiger charge is 2.14. The van der Waals surface area contributed by atoms with Gasteiger partial charge >= 0.3 is 5.97 Å². The van der Waals surface area contributed by atoms with E-state index in [4.69, 9.17) is 4.74 Å². The van der Waals surface area contributed by atoms with Crippen molar-refractivity contribution in [2.24, 2.45) is 5.92 Å². The van der Waals surface area contributed by atoms with Crippen LogP contribution in [0.2, 0.25) is 0 Å². The fourth-order valence-corrected chi connectivity index (χ4v) is 1.45. The Morgan fingerprint density at radius 3 is 2.41 bits per heavy atom. The van der Waals surface area contributed by atoms with E-state index in [1.54, 1.807) is 0 Å². The molecule has 0 aliphatic rings. The molecule has 0 bridgehead atoms. The fourth-order valence-electron chi connectivity index (χ4n) is 1.45. The van der Waals surface area contributed by atoms with Gasteiger partial charge in [-0.3, -0.25) is 0 Å². The summed E-state index contributed by atoms with van der Waals surface area (Å²) in [4.78, 5) is 11.5. The number of rotatable bonds is 7. The van der Waals surface area contributed by atoms with Crippen LogP contribution in [0.25, 0.3) is 0 Å². The smallest absolute Gasteiger partial charge is 0.354 e. The molecule has 17 heavy (non-hydrogen) atoms. The highest BCUT2D eigenvalue weighted by atomic mass is 16.5. The van der Waals surface area contributed by atoms with Crippen molar-refractivity contribution in [3.63, 3.8) is 0 Å². The maximum atomic E-state index is 11.5. The minimum absolute atomic E-state index is 0.339. The van der Waals surface area contributed by atoms with Crippen LogP contribution in [0.4, 0.5) is 0 Å². The second kappa shape index (κ2) is 7.93. The molecule has 0 spiro atoms. The van der Waals surface area contributed by atoms with Gasteiger partial charge in [0, 0.05) is 5.70 Å². The molecule has 0 saturated heterocycles. The molecule has 1 atom stereocenters. The van der Waals surface area contributed by atoms with Gasteiger partial charge in [-0.2, -0.15) is 0 Å². The second-order valence-corrected chi connectivity index (χ2v) is 4.56. The standard InChI is InChI=1S/C14H25NO2/c1-7-8-9-11(4)12(5)15-13(10(2)3)14(16)17-6/h11,15H,5,7-9H2,1-4,6H3. The molecule has 0 fully saturated rings. The maximum Gasteiger partial charge on any atom is 0.354 e. The zero-order valence-electron chi connectivity index (χ0n) is 11.7. The minimum atomic E-state index is -0.339. The third-order valence-electron chi connectivity index (χ3n) is 2.76. The zero-order valence-corrected chi connectivity index (χ0v) is 11.7. The first-order chi connectivity index (χ1) is 7.93. The van der Waals surface area contributed by atoms with Crippen LogP contribution in [0, 0.1) is 5.92 Å². The van der Waals surface area contributed by atoms with Crippen molar-refractivity contribution >= 4 is 5.97 Å². The highest BCUT2D eigenvalue weighted by molar-refractivity contribution is 5.88. The van der Waals surface area contributed by atoms with E-state index in [2.05, 4.69) is 25.7 Å². The van der Waals surface area contributed by atoms with Crippen LogP contribution in [-0.2, 0) is 9.53 Å². The lowest BCUT2D eigenvalue weighted by atomic mass is 10.0. The van der Waals surface area contributed by atoms with Gasteiger partial charge in [0.1, 0.15) is 5.70 Å². The number of hydrogen-bond donors (Lipinski definition) is 1. The van der Waals surface area contributed by atoms with Gasteiger partial charge in [0.15, 0.2) is 0 Å². The number of methoxy groups -OCH3 is 1. The molecule has 0 heterocycles. The van der Waals surface area contributed by atoms with Crippen molar-refractivity contribution in [3.8, 4) is 0 Å². The third-order valence-corrected chi connectivity index (χ3v) is 2.76. The summed E-state index contributed by atoms with van der Waals surface area (Å²) in [6.45, 7) is 12.0. The van der Waals surface area contributed by atoms with Crippen LogP contribution >= 0.6 is 0 Å². The van der Waals surface area contributed by atoms with Gasteiger partial charge in [-0.25, -0.2) is 4.79 Å². The Morgan fingerprint density at radius 1 is 1.41 bits per heavy atom. The van der Waals surface area contributed by atoms with Crippen molar-refractivity contribution < 1.29 is 9.53 Å². The molecule has 0 radical (unpaired) electrons. The zero-order chi connectivity index (χ0) is 13.4. The Kier molecular flexibility index (Phi) is 7.35. The van der Waals surface area contributed by atoms with E-state index in [0.29, 0.717) is 11.6 Å². The van der Waals surface area contributed by atoms with Gasteiger partial charge < -0.3 is 10.1 Å². The minimum Gasteiger partial charge on any atom is -0.464 e. The largest absolute Gasteiger partial charge is 0.464 e. The number of carbonyl (C=O) groups excluding carboxylic acids is 1. The summed E-state index contributed by atoms with van der Waals surface area (Å²) in [5.41, 5.74) is 2.28. The van der Waals surface area contributed by atoms with Gasteiger partial charge in [-0.15, -0.1) is 0 Å². The molecule has 1 unspecified atom stereocenters. The summed E-state index contributed by atoms with van der Waals surface area (Å²) in [5.74, 6) is 0.0165. The van der Waals surface area contributed by atoms with E-state index >= 15 is 0 Å². The van der Waals surface area contributed by atoms with Crippen LogP contribution in [0.3, 0.4) is 0 Å². The van der Waals surface area contributed by atoms with Crippen LogP contribution < -0.4 is 5.32 Å². The van der Waals surface area contributed by atoms with E-state index in [9.17, 15) is 4.79 Å². The fraction of sp³-hybridized carbons (Fsp3) is 0.643. The van der Waals surface area contributed by atoms with Crippen LogP contribution in [-0.4, -0.2) is 13.1 Å². The SMILES string of the molecule is C=C(NC(C(=O)OC)=C(C)C)C(C)CCCC. The highest BCUT2D eigenvalue weighted by Crippen LogP contribution is 2.16. The Labute approximate surface area is 105 Å². The van der Waals surface area contributed by atoms with Crippen LogP contribution in [0.5, 0.6) is 0 Å². The molecule has 3 heteroatoms. The summed E-state index contributed by atoms with van der Waals surface area (Å²) >= 11 is 0. The maximum absolute atomic E-state index is 11.5. The molecule has 1 N–H and O–H groups in total. The topological polar surface area (TPSA) is 38.3 Å². The van der Waals surface area contributed by atoms with E-state index in [1.165, 1.54) is 20.0 Å². The number of unbranched alkanes of at least 4 members (excludes halogenated alkanes) is 1. The summed E-state index contributed by atoms with van der Waals surface area (Å²) in [5, 5.41) is 3.09. The third kappa shape index (κ3) is 5.57.